The van der Waals surface area contributed by atoms with Crippen molar-refractivity contribution in [2.45, 2.75) is 38.0 Å². The summed E-state index contributed by atoms with van der Waals surface area (Å²) in [4.78, 5) is 2.55. The first kappa shape index (κ1) is 39.6. The number of hydrogen-bond acceptors (Lipinski definition) is 2. The third kappa shape index (κ3) is 6.68. The largest absolute Gasteiger partial charge is 0.309 e. The highest BCUT2D eigenvalue weighted by Gasteiger charge is 2.26. The van der Waals surface area contributed by atoms with E-state index in [9.17, 15) is 0 Å². The van der Waals surface area contributed by atoms with Crippen LogP contribution in [-0.2, 0) is 0 Å². The maximum Gasteiger partial charge on any atom is 0.0619 e. The fourth-order valence-electron chi connectivity index (χ4n) is 11.4. The maximum atomic E-state index is 2.55. The summed E-state index contributed by atoms with van der Waals surface area (Å²) in [6.07, 6.45) is 6.43. The summed E-state index contributed by atoms with van der Waals surface area (Å²) in [5.74, 6) is 0.565. The van der Waals surface area contributed by atoms with Crippen molar-refractivity contribution in [2.24, 2.45) is 0 Å². The second-order valence-electron chi connectivity index (χ2n) is 18.2. The third-order valence-corrected chi connectivity index (χ3v) is 15.6. The van der Waals surface area contributed by atoms with Crippen molar-refractivity contribution in [1.82, 2.24) is 4.57 Å². The van der Waals surface area contributed by atoms with Crippen LogP contribution in [0.1, 0.15) is 43.6 Å². The molecule has 2 aromatic heterocycles. The van der Waals surface area contributed by atoms with Gasteiger partial charge >= 0.3 is 0 Å². The quantitative estimate of drug-likeness (QED) is 0.148. The fourth-order valence-corrected chi connectivity index (χ4v) is 12.6. The number of aromatic nitrogens is 1. The molecule has 0 saturated heterocycles. The molecule has 67 heavy (non-hydrogen) atoms. The highest BCUT2D eigenvalue weighted by atomic mass is 32.1. The van der Waals surface area contributed by atoms with Crippen LogP contribution in [0.4, 0.5) is 17.1 Å². The maximum absolute atomic E-state index is 2.55. The Morgan fingerprint density at radius 1 is 0.433 bits per heavy atom. The number of para-hydroxylation sites is 5. The predicted molar refractivity (Wildman–Crippen MR) is 288 cm³/mol. The Labute approximate surface area is 395 Å². The first-order valence-electron chi connectivity index (χ1n) is 23.9. The van der Waals surface area contributed by atoms with Gasteiger partial charge in [-0.3, -0.25) is 0 Å². The highest BCUT2D eigenvalue weighted by molar-refractivity contribution is 7.26. The van der Waals surface area contributed by atoms with Crippen LogP contribution in [0.5, 0.6) is 0 Å². The van der Waals surface area contributed by atoms with Crippen LogP contribution in [0.15, 0.2) is 224 Å². The summed E-state index contributed by atoms with van der Waals surface area (Å²) in [5.41, 5.74) is 15.8. The van der Waals surface area contributed by atoms with E-state index in [1.165, 1.54) is 124 Å². The lowest BCUT2D eigenvalue weighted by molar-refractivity contribution is 0.445. The Bertz CT molecular complexity index is 3810. The van der Waals surface area contributed by atoms with Gasteiger partial charge in [-0.05, 0) is 94.8 Å². The zero-order chi connectivity index (χ0) is 44.3. The molecule has 320 valence electrons. The highest BCUT2D eigenvalue weighted by Crippen LogP contribution is 2.50. The van der Waals surface area contributed by atoms with Crippen LogP contribution in [-0.4, -0.2) is 4.57 Å². The molecule has 1 saturated carbocycles. The van der Waals surface area contributed by atoms with E-state index in [4.69, 9.17) is 0 Å². The summed E-state index contributed by atoms with van der Waals surface area (Å²) >= 11 is 1.89. The zero-order valence-corrected chi connectivity index (χ0v) is 38.1. The number of fused-ring (bicyclic) bond motifs is 7. The number of nitrogens with zero attached hydrogens (tertiary/aromatic N) is 2. The molecule has 0 N–H and O–H groups in total. The summed E-state index contributed by atoms with van der Waals surface area (Å²) in [6.45, 7) is 0. The molecular formula is C64H48N2S. The van der Waals surface area contributed by atoms with Gasteiger partial charge in [-0.1, -0.05) is 195 Å². The van der Waals surface area contributed by atoms with Gasteiger partial charge in [0.25, 0.3) is 0 Å². The molecule has 1 aliphatic rings. The summed E-state index contributed by atoms with van der Waals surface area (Å²) < 4.78 is 5.07. The van der Waals surface area contributed by atoms with Crippen LogP contribution in [0.2, 0.25) is 0 Å². The van der Waals surface area contributed by atoms with Crippen molar-refractivity contribution in [3.63, 3.8) is 0 Å². The molecule has 1 fully saturated rings. The van der Waals surface area contributed by atoms with Crippen LogP contribution in [0.3, 0.4) is 0 Å². The number of anilines is 3. The summed E-state index contributed by atoms with van der Waals surface area (Å²) in [7, 11) is 0. The number of benzene rings is 10. The molecule has 0 bridgehead atoms. The third-order valence-electron chi connectivity index (χ3n) is 14.4. The Morgan fingerprint density at radius 2 is 1.03 bits per heavy atom. The Hall–Kier alpha value is -7.72. The van der Waals surface area contributed by atoms with E-state index in [1.54, 1.807) is 0 Å². The zero-order valence-electron chi connectivity index (χ0n) is 37.3. The second-order valence-corrected chi connectivity index (χ2v) is 19.2. The van der Waals surface area contributed by atoms with Gasteiger partial charge in [0.15, 0.2) is 0 Å². The minimum absolute atomic E-state index is 0.565. The van der Waals surface area contributed by atoms with Gasteiger partial charge in [0.2, 0.25) is 0 Å². The van der Waals surface area contributed by atoms with E-state index >= 15 is 0 Å². The van der Waals surface area contributed by atoms with Gasteiger partial charge < -0.3 is 9.47 Å². The molecule has 12 aromatic rings. The van der Waals surface area contributed by atoms with E-state index in [0.29, 0.717) is 5.92 Å². The van der Waals surface area contributed by atoms with Crippen LogP contribution < -0.4 is 4.90 Å². The van der Waals surface area contributed by atoms with E-state index in [0.717, 1.165) is 22.7 Å². The molecule has 2 nitrogen and oxygen atoms in total. The van der Waals surface area contributed by atoms with Gasteiger partial charge in [0.1, 0.15) is 0 Å². The predicted octanol–water partition coefficient (Wildman–Crippen LogP) is 18.8. The first-order valence-corrected chi connectivity index (χ1v) is 24.7. The van der Waals surface area contributed by atoms with Gasteiger partial charge in [-0.15, -0.1) is 11.3 Å². The molecular weight excluding hydrogens is 829 g/mol. The summed E-state index contributed by atoms with van der Waals surface area (Å²) in [5, 5.41) is 7.81. The summed E-state index contributed by atoms with van der Waals surface area (Å²) in [6, 6.07) is 83.6. The average molecular weight is 877 g/mol. The van der Waals surface area contributed by atoms with Crippen molar-refractivity contribution < 1.29 is 0 Å². The minimum Gasteiger partial charge on any atom is -0.309 e. The van der Waals surface area contributed by atoms with Gasteiger partial charge in [-0.2, -0.15) is 0 Å². The molecule has 0 atom stereocenters. The average Bonchev–Trinajstić information content (AvgIpc) is 3.96. The molecule has 0 radical (unpaired) electrons. The fraction of sp³-hybridized carbons (Fsp3) is 0.0938. The molecule has 2 heterocycles. The van der Waals surface area contributed by atoms with Gasteiger partial charge in [0, 0.05) is 64.6 Å². The van der Waals surface area contributed by atoms with E-state index in [1.807, 2.05) is 11.3 Å². The topological polar surface area (TPSA) is 8.17 Å². The number of rotatable bonds is 8. The van der Waals surface area contributed by atoms with Crippen LogP contribution in [0, 0.1) is 0 Å². The lowest BCUT2D eigenvalue weighted by Gasteiger charge is -2.31. The normalized spacial score (nSPS) is 13.3. The monoisotopic (exact) mass is 876 g/mol. The van der Waals surface area contributed by atoms with Crippen molar-refractivity contribution in [3.8, 4) is 39.1 Å². The molecule has 0 amide bonds. The SMILES string of the molecule is c1ccc(-n2c3ccccc3c3cccc(-c4cccc(N(c5ccccc5-c5cccc6c5sc5ccccc56)c5ccccc5-c5cccc6cccc(C7CCCCC7)c56)c4)c32)cc1. The van der Waals surface area contributed by atoms with E-state index < -0.39 is 0 Å². The van der Waals surface area contributed by atoms with Crippen molar-refractivity contribution >= 4 is 81.1 Å². The standard InChI is InChI=1S/C64H48N2S/c1-3-20-43(21-4-1)48-32-16-22-44-23-17-34-54(62(44)48)50-28-7-11-38-58(50)65(59-39-12-9-30-52(59)56-36-19-37-57-53-31-10-14-41-61(53)67-64(56)57)47-27-15-24-45(42-47)49-33-18-35-55-51-29-8-13-40-60(51)66(63(49)55)46-25-5-2-6-26-46/h2,5-19,22-43H,1,3-4,20-21H2. The smallest absolute Gasteiger partial charge is 0.0619 e. The molecule has 3 heteroatoms. The minimum atomic E-state index is 0.565. The van der Waals surface area contributed by atoms with Gasteiger partial charge in [-0.25, -0.2) is 0 Å². The molecule has 0 unspecified atom stereocenters. The van der Waals surface area contributed by atoms with E-state index in [-0.39, 0.29) is 0 Å². The molecule has 0 spiro atoms. The Balaban J connectivity index is 1.08. The Morgan fingerprint density at radius 3 is 1.85 bits per heavy atom. The van der Waals surface area contributed by atoms with Crippen molar-refractivity contribution in [1.29, 1.82) is 0 Å². The molecule has 1 aliphatic carbocycles. The van der Waals surface area contributed by atoms with E-state index in [2.05, 4.69) is 234 Å². The van der Waals surface area contributed by atoms with Crippen LogP contribution in [0.25, 0.3) is 91.8 Å². The number of thiophene rings is 1. The van der Waals surface area contributed by atoms with Gasteiger partial charge in [0.05, 0.1) is 22.4 Å². The number of hydrogen-bond donors (Lipinski definition) is 0. The Kier molecular flexibility index (Phi) is 9.83. The van der Waals surface area contributed by atoms with Crippen LogP contribution >= 0.6 is 11.3 Å². The van der Waals surface area contributed by atoms with Crippen molar-refractivity contribution in [2.75, 3.05) is 4.90 Å². The lowest BCUT2D eigenvalue weighted by atomic mass is 9.80. The lowest BCUT2D eigenvalue weighted by Crippen LogP contribution is -2.13. The molecule has 0 aliphatic heterocycles. The first-order chi connectivity index (χ1) is 33.3. The molecule has 10 aromatic carbocycles. The molecule has 13 rings (SSSR count). The van der Waals surface area contributed by atoms with Crippen molar-refractivity contribution in [3.05, 3.63) is 230 Å². The second kappa shape index (κ2) is 16.6.